The Morgan fingerprint density at radius 2 is 2.22 bits per heavy atom. The van der Waals surface area contributed by atoms with Crippen LogP contribution >= 0.6 is 0 Å². The lowest BCUT2D eigenvalue weighted by molar-refractivity contribution is -0.149. The molecule has 0 bridgehead atoms. The zero-order valence-electron chi connectivity index (χ0n) is 10.6. The first kappa shape index (κ1) is 12.6. The van der Waals surface area contributed by atoms with Gasteiger partial charge in [0.2, 0.25) is 0 Å². The predicted molar refractivity (Wildman–Crippen MR) is 69.0 cm³/mol. The highest BCUT2D eigenvalue weighted by Gasteiger charge is 2.31. The average molecular weight is 247 g/mol. The monoisotopic (exact) mass is 247 g/mol. The fraction of sp³-hybridized carbons (Fsp3) is 0.385. The molecule has 1 aromatic carbocycles. The summed E-state index contributed by atoms with van der Waals surface area (Å²) in [5.41, 5.74) is 5.87. The van der Waals surface area contributed by atoms with Crippen LogP contribution in [-0.4, -0.2) is 27.9 Å². The smallest absolute Gasteiger partial charge is 0.327 e. The minimum Gasteiger partial charge on any atom is -0.465 e. The molecular formula is C13H17N3O2. The minimum absolute atomic E-state index is 0.291. The largest absolute Gasteiger partial charge is 0.465 e. The molecule has 1 atom stereocenters. The SMILES string of the molecule is CCOC(=O)C(C)(N)Cn1ncc2ccccc21. The number of nitrogens with zero attached hydrogens (tertiary/aromatic N) is 2. The summed E-state index contributed by atoms with van der Waals surface area (Å²) in [6.07, 6.45) is 1.76. The number of nitrogens with two attached hydrogens (primary N) is 1. The third-order valence-corrected chi connectivity index (χ3v) is 2.77. The zero-order valence-corrected chi connectivity index (χ0v) is 10.6. The molecule has 0 aliphatic rings. The number of para-hydroxylation sites is 1. The van der Waals surface area contributed by atoms with Gasteiger partial charge in [0.1, 0.15) is 5.54 Å². The summed E-state index contributed by atoms with van der Waals surface area (Å²) < 4.78 is 6.69. The summed E-state index contributed by atoms with van der Waals surface area (Å²) in [5, 5.41) is 5.28. The fourth-order valence-corrected chi connectivity index (χ4v) is 1.82. The molecule has 0 radical (unpaired) electrons. The molecule has 0 aliphatic heterocycles. The van der Waals surface area contributed by atoms with Crippen molar-refractivity contribution in [2.75, 3.05) is 6.61 Å². The van der Waals surface area contributed by atoms with Gasteiger partial charge in [-0.05, 0) is 19.9 Å². The normalized spacial score (nSPS) is 14.4. The van der Waals surface area contributed by atoms with Crippen LogP contribution in [0.15, 0.2) is 30.5 Å². The van der Waals surface area contributed by atoms with Crippen molar-refractivity contribution < 1.29 is 9.53 Å². The lowest BCUT2D eigenvalue weighted by Gasteiger charge is -2.22. The first-order valence-corrected chi connectivity index (χ1v) is 5.91. The van der Waals surface area contributed by atoms with Crippen LogP contribution in [0, 0.1) is 0 Å². The second kappa shape index (κ2) is 4.78. The lowest BCUT2D eigenvalue weighted by Crippen LogP contribution is -2.49. The average Bonchev–Trinajstić information content (AvgIpc) is 2.73. The third-order valence-electron chi connectivity index (χ3n) is 2.77. The van der Waals surface area contributed by atoms with Gasteiger partial charge >= 0.3 is 5.97 Å². The Balaban J connectivity index is 2.25. The van der Waals surface area contributed by atoms with E-state index in [1.807, 2.05) is 24.3 Å². The van der Waals surface area contributed by atoms with E-state index in [1.54, 1.807) is 24.7 Å². The molecule has 2 rings (SSSR count). The number of hydrogen-bond donors (Lipinski definition) is 1. The summed E-state index contributed by atoms with van der Waals surface area (Å²) in [4.78, 5) is 11.7. The van der Waals surface area contributed by atoms with E-state index in [1.165, 1.54) is 0 Å². The van der Waals surface area contributed by atoms with Crippen LogP contribution in [0.2, 0.25) is 0 Å². The van der Waals surface area contributed by atoms with Crippen molar-refractivity contribution >= 4 is 16.9 Å². The minimum atomic E-state index is -1.08. The van der Waals surface area contributed by atoms with Crippen LogP contribution in [0.4, 0.5) is 0 Å². The van der Waals surface area contributed by atoms with Crippen molar-refractivity contribution in [2.45, 2.75) is 25.9 Å². The molecule has 1 unspecified atom stereocenters. The van der Waals surface area contributed by atoms with Crippen molar-refractivity contribution in [3.63, 3.8) is 0 Å². The number of rotatable bonds is 4. The molecule has 2 N–H and O–H groups in total. The van der Waals surface area contributed by atoms with Crippen molar-refractivity contribution in [3.05, 3.63) is 30.5 Å². The summed E-state index contributed by atoms with van der Waals surface area (Å²) in [7, 11) is 0. The van der Waals surface area contributed by atoms with E-state index in [2.05, 4.69) is 5.10 Å². The maximum atomic E-state index is 11.7. The molecule has 2 aromatic rings. The maximum Gasteiger partial charge on any atom is 0.327 e. The highest BCUT2D eigenvalue weighted by molar-refractivity contribution is 5.81. The molecule has 0 amide bonds. The van der Waals surface area contributed by atoms with E-state index < -0.39 is 11.5 Å². The Morgan fingerprint density at radius 1 is 1.50 bits per heavy atom. The number of esters is 1. The molecule has 0 saturated heterocycles. The molecule has 1 aromatic heterocycles. The van der Waals surface area contributed by atoms with E-state index in [-0.39, 0.29) is 0 Å². The van der Waals surface area contributed by atoms with Gasteiger partial charge in [0.05, 0.1) is 24.9 Å². The summed E-state index contributed by atoms with van der Waals surface area (Å²) in [5.74, 6) is -0.412. The molecule has 5 nitrogen and oxygen atoms in total. The van der Waals surface area contributed by atoms with Gasteiger partial charge in [0.25, 0.3) is 0 Å². The van der Waals surface area contributed by atoms with E-state index in [0.717, 1.165) is 10.9 Å². The highest BCUT2D eigenvalue weighted by Crippen LogP contribution is 2.15. The Hall–Kier alpha value is -1.88. The topological polar surface area (TPSA) is 70.1 Å². The second-order valence-corrected chi connectivity index (χ2v) is 4.50. The molecule has 1 heterocycles. The van der Waals surface area contributed by atoms with Gasteiger partial charge in [-0.1, -0.05) is 18.2 Å². The zero-order chi connectivity index (χ0) is 13.2. The van der Waals surface area contributed by atoms with Crippen molar-refractivity contribution in [1.82, 2.24) is 9.78 Å². The Kier molecular flexibility index (Phi) is 3.34. The molecule has 96 valence electrons. The molecule has 5 heteroatoms. The third kappa shape index (κ3) is 2.36. The summed E-state index contributed by atoms with van der Waals surface area (Å²) in [6, 6.07) is 7.79. The number of aromatic nitrogens is 2. The quantitative estimate of drug-likeness (QED) is 0.827. The van der Waals surface area contributed by atoms with E-state index >= 15 is 0 Å². The predicted octanol–water partition coefficient (Wildman–Crippen LogP) is 1.32. The summed E-state index contributed by atoms with van der Waals surface area (Å²) in [6.45, 7) is 4.03. The second-order valence-electron chi connectivity index (χ2n) is 4.50. The van der Waals surface area contributed by atoms with Gasteiger partial charge < -0.3 is 10.5 Å². The van der Waals surface area contributed by atoms with Crippen LogP contribution < -0.4 is 5.73 Å². The molecule has 18 heavy (non-hydrogen) atoms. The van der Waals surface area contributed by atoms with Crippen LogP contribution in [0.1, 0.15) is 13.8 Å². The Morgan fingerprint density at radius 3 is 2.94 bits per heavy atom. The number of fused-ring (bicyclic) bond motifs is 1. The summed E-state index contributed by atoms with van der Waals surface area (Å²) >= 11 is 0. The first-order valence-electron chi connectivity index (χ1n) is 5.91. The molecular weight excluding hydrogens is 230 g/mol. The van der Waals surface area contributed by atoms with Crippen LogP contribution in [0.3, 0.4) is 0 Å². The molecule has 0 fully saturated rings. The van der Waals surface area contributed by atoms with Gasteiger partial charge in [0, 0.05) is 5.39 Å². The van der Waals surface area contributed by atoms with Crippen LogP contribution in [-0.2, 0) is 16.1 Å². The molecule has 0 spiro atoms. The number of carbonyl (C=O) groups excluding carboxylic acids is 1. The number of benzene rings is 1. The fourth-order valence-electron chi connectivity index (χ4n) is 1.82. The number of hydrogen-bond acceptors (Lipinski definition) is 4. The standard InChI is InChI=1S/C13H17N3O2/c1-3-18-12(17)13(2,14)9-16-11-7-5-4-6-10(11)8-15-16/h4-8H,3,9,14H2,1-2H3. The lowest BCUT2D eigenvalue weighted by atomic mass is 10.0. The van der Waals surface area contributed by atoms with Gasteiger partial charge in [-0.25, -0.2) is 4.79 Å². The Bertz CT molecular complexity index is 560. The van der Waals surface area contributed by atoms with E-state index in [4.69, 9.17) is 10.5 Å². The van der Waals surface area contributed by atoms with Crippen LogP contribution in [0.5, 0.6) is 0 Å². The number of ether oxygens (including phenoxy) is 1. The van der Waals surface area contributed by atoms with Crippen molar-refractivity contribution in [2.24, 2.45) is 5.73 Å². The van der Waals surface area contributed by atoms with Gasteiger partial charge in [-0.15, -0.1) is 0 Å². The van der Waals surface area contributed by atoms with Gasteiger partial charge in [-0.2, -0.15) is 5.10 Å². The first-order chi connectivity index (χ1) is 8.54. The van der Waals surface area contributed by atoms with Crippen molar-refractivity contribution in [3.8, 4) is 0 Å². The van der Waals surface area contributed by atoms with Crippen molar-refractivity contribution in [1.29, 1.82) is 0 Å². The van der Waals surface area contributed by atoms with E-state index in [9.17, 15) is 4.79 Å². The van der Waals surface area contributed by atoms with Gasteiger partial charge in [-0.3, -0.25) is 4.68 Å². The molecule has 0 aliphatic carbocycles. The Labute approximate surface area is 106 Å². The number of carbonyl (C=O) groups is 1. The highest BCUT2D eigenvalue weighted by atomic mass is 16.5. The van der Waals surface area contributed by atoms with Gasteiger partial charge in [0.15, 0.2) is 0 Å². The molecule has 0 saturated carbocycles. The van der Waals surface area contributed by atoms with E-state index in [0.29, 0.717) is 13.2 Å². The maximum absolute atomic E-state index is 11.7. The van der Waals surface area contributed by atoms with Crippen LogP contribution in [0.25, 0.3) is 10.9 Å².